The van der Waals surface area contributed by atoms with Gasteiger partial charge >= 0.3 is 0 Å². The molecule has 1 saturated heterocycles. The molecule has 4 nitrogen and oxygen atoms in total. The Bertz CT molecular complexity index is 465. The van der Waals surface area contributed by atoms with Gasteiger partial charge in [-0.05, 0) is 51.9 Å². The molecule has 0 aliphatic carbocycles. The first-order chi connectivity index (χ1) is 9.09. The molecule has 1 aliphatic heterocycles. The van der Waals surface area contributed by atoms with Crippen LogP contribution in [0.25, 0.3) is 0 Å². The number of likely N-dealkylation sites (tertiary alicyclic amines) is 1. The summed E-state index contributed by atoms with van der Waals surface area (Å²) < 4.78 is 5.70. The summed E-state index contributed by atoms with van der Waals surface area (Å²) in [6.45, 7) is 7.04. The van der Waals surface area contributed by atoms with Crippen LogP contribution in [0, 0.1) is 6.92 Å². The summed E-state index contributed by atoms with van der Waals surface area (Å²) in [4.78, 5) is 13.7. The second kappa shape index (κ2) is 6.06. The number of carbonyl (C=O) groups is 1. The van der Waals surface area contributed by atoms with Gasteiger partial charge in [-0.15, -0.1) is 0 Å². The lowest BCUT2D eigenvalue weighted by Crippen LogP contribution is -2.25. The van der Waals surface area contributed by atoms with E-state index in [1.165, 1.54) is 19.8 Å². The summed E-state index contributed by atoms with van der Waals surface area (Å²) >= 11 is 0. The molecule has 0 saturated carbocycles. The van der Waals surface area contributed by atoms with Gasteiger partial charge in [0.05, 0.1) is 5.56 Å². The Kier molecular flexibility index (Phi) is 4.43. The van der Waals surface area contributed by atoms with Crippen molar-refractivity contribution in [1.82, 2.24) is 4.90 Å². The first kappa shape index (κ1) is 13.9. The molecule has 1 N–H and O–H groups in total. The second-order valence-electron chi connectivity index (χ2n) is 5.04. The van der Waals surface area contributed by atoms with Crippen molar-refractivity contribution < 1.29 is 14.6 Å². The molecule has 2 rings (SSSR count). The maximum atomic E-state index is 11.3. The van der Waals surface area contributed by atoms with Crippen LogP contribution in [0.4, 0.5) is 0 Å². The van der Waals surface area contributed by atoms with Gasteiger partial charge in [0.25, 0.3) is 0 Å². The number of carbonyl (C=O) groups excluding carboxylic acids is 1. The lowest BCUT2D eigenvalue weighted by molar-refractivity contribution is 0.101. The van der Waals surface area contributed by atoms with Crippen LogP contribution < -0.4 is 4.74 Å². The summed E-state index contributed by atoms with van der Waals surface area (Å²) in [5.41, 5.74) is 0.985. The molecule has 1 aromatic rings. The maximum absolute atomic E-state index is 11.3. The molecule has 0 bridgehead atoms. The van der Waals surface area contributed by atoms with E-state index >= 15 is 0 Å². The number of aromatic hydroxyl groups is 1. The fraction of sp³-hybridized carbons (Fsp3) is 0.533. The van der Waals surface area contributed by atoms with Crippen LogP contribution in [-0.2, 0) is 0 Å². The van der Waals surface area contributed by atoms with Crippen molar-refractivity contribution in [3.05, 3.63) is 23.3 Å². The normalized spacial score (nSPS) is 15.7. The van der Waals surface area contributed by atoms with Crippen LogP contribution in [0.2, 0.25) is 0 Å². The van der Waals surface area contributed by atoms with E-state index in [4.69, 9.17) is 4.74 Å². The van der Waals surface area contributed by atoms with E-state index in [9.17, 15) is 9.90 Å². The van der Waals surface area contributed by atoms with Crippen molar-refractivity contribution in [2.24, 2.45) is 0 Å². The minimum Gasteiger partial charge on any atom is -0.507 e. The molecule has 1 fully saturated rings. The number of Topliss-reactive ketones (excluding diaryl/α,β-unsaturated/α-hetero) is 1. The first-order valence-corrected chi connectivity index (χ1v) is 6.78. The highest BCUT2D eigenvalue weighted by molar-refractivity contribution is 5.97. The minimum atomic E-state index is -0.135. The minimum absolute atomic E-state index is 0.0335. The highest BCUT2D eigenvalue weighted by atomic mass is 16.5. The van der Waals surface area contributed by atoms with Crippen molar-refractivity contribution in [3.8, 4) is 11.5 Å². The zero-order chi connectivity index (χ0) is 13.8. The number of ketones is 1. The van der Waals surface area contributed by atoms with E-state index in [0.717, 1.165) is 19.6 Å². The van der Waals surface area contributed by atoms with Crippen molar-refractivity contribution in [1.29, 1.82) is 0 Å². The number of rotatable bonds is 5. The topological polar surface area (TPSA) is 49.8 Å². The predicted octanol–water partition coefficient (Wildman–Crippen LogP) is 2.38. The van der Waals surface area contributed by atoms with Gasteiger partial charge in [-0.3, -0.25) is 9.69 Å². The summed E-state index contributed by atoms with van der Waals surface area (Å²) in [6.07, 6.45) is 2.54. The van der Waals surface area contributed by atoms with Crippen LogP contribution in [0.1, 0.15) is 35.7 Å². The molecular weight excluding hydrogens is 242 g/mol. The molecule has 104 valence electrons. The number of phenolic OH excluding ortho intramolecular Hbond substituents is 1. The fourth-order valence-electron chi connectivity index (χ4n) is 2.41. The third-order valence-electron chi connectivity index (χ3n) is 3.62. The van der Waals surface area contributed by atoms with Crippen LogP contribution in [0.3, 0.4) is 0 Å². The van der Waals surface area contributed by atoms with Crippen molar-refractivity contribution >= 4 is 5.78 Å². The van der Waals surface area contributed by atoms with E-state index in [1.807, 2.05) is 0 Å². The molecule has 4 heteroatoms. The zero-order valence-electron chi connectivity index (χ0n) is 11.6. The van der Waals surface area contributed by atoms with E-state index < -0.39 is 0 Å². The zero-order valence-corrected chi connectivity index (χ0v) is 11.6. The smallest absolute Gasteiger partial charge is 0.163 e. The second-order valence-corrected chi connectivity index (χ2v) is 5.04. The number of hydrogen-bond acceptors (Lipinski definition) is 4. The molecule has 1 aromatic carbocycles. The number of phenols is 1. The van der Waals surface area contributed by atoms with Crippen LogP contribution in [0.15, 0.2) is 12.1 Å². The quantitative estimate of drug-likeness (QED) is 0.829. The molecular formula is C15H21NO3. The van der Waals surface area contributed by atoms with Crippen molar-refractivity contribution in [2.45, 2.75) is 26.7 Å². The SMILES string of the molecule is CC(=O)c1ccc(OCCN2CCCC2)c(C)c1O. The summed E-state index contributed by atoms with van der Waals surface area (Å²) in [7, 11) is 0. The third-order valence-corrected chi connectivity index (χ3v) is 3.62. The largest absolute Gasteiger partial charge is 0.507 e. The fourth-order valence-corrected chi connectivity index (χ4v) is 2.41. The van der Waals surface area contributed by atoms with E-state index in [0.29, 0.717) is 23.5 Å². The van der Waals surface area contributed by atoms with Crippen LogP contribution in [0.5, 0.6) is 11.5 Å². The molecule has 1 heterocycles. The standard InChI is InChI=1S/C15H21NO3/c1-11-14(6-5-13(12(2)17)15(11)18)19-10-9-16-7-3-4-8-16/h5-6,18H,3-4,7-10H2,1-2H3. The number of ether oxygens (including phenoxy) is 1. The molecule has 0 atom stereocenters. The Labute approximate surface area is 114 Å². The Morgan fingerprint density at radius 3 is 2.68 bits per heavy atom. The van der Waals surface area contributed by atoms with Gasteiger partial charge in [-0.1, -0.05) is 0 Å². The number of hydrogen-bond donors (Lipinski definition) is 1. The molecule has 0 unspecified atom stereocenters. The monoisotopic (exact) mass is 263 g/mol. The first-order valence-electron chi connectivity index (χ1n) is 6.78. The number of benzene rings is 1. The van der Waals surface area contributed by atoms with Gasteiger partial charge in [0.15, 0.2) is 5.78 Å². The predicted molar refractivity (Wildman–Crippen MR) is 74.0 cm³/mol. The maximum Gasteiger partial charge on any atom is 0.163 e. The van der Waals surface area contributed by atoms with Crippen LogP contribution in [-0.4, -0.2) is 42.0 Å². The average molecular weight is 263 g/mol. The molecule has 0 spiro atoms. The summed E-state index contributed by atoms with van der Waals surface area (Å²) in [5.74, 6) is 0.553. The Balaban J connectivity index is 1.96. The van der Waals surface area contributed by atoms with Gasteiger partial charge in [-0.25, -0.2) is 0 Å². The van der Waals surface area contributed by atoms with E-state index in [2.05, 4.69) is 4.90 Å². The molecule has 1 aliphatic rings. The number of nitrogens with zero attached hydrogens (tertiary/aromatic N) is 1. The molecule has 0 aromatic heterocycles. The lowest BCUT2D eigenvalue weighted by Gasteiger charge is -2.16. The lowest BCUT2D eigenvalue weighted by atomic mass is 10.1. The Morgan fingerprint density at radius 2 is 2.05 bits per heavy atom. The van der Waals surface area contributed by atoms with E-state index in [-0.39, 0.29) is 11.5 Å². The van der Waals surface area contributed by atoms with Crippen molar-refractivity contribution in [2.75, 3.05) is 26.2 Å². The third kappa shape index (κ3) is 3.26. The van der Waals surface area contributed by atoms with Crippen molar-refractivity contribution in [3.63, 3.8) is 0 Å². The van der Waals surface area contributed by atoms with Gasteiger partial charge < -0.3 is 9.84 Å². The molecule has 0 amide bonds. The highest BCUT2D eigenvalue weighted by Gasteiger charge is 2.14. The molecule has 0 radical (unpaired) electrons. The summed E-state index contributed by atoms with van der Waals surface area (Å²) in [6, 6.07) is 3.38. The Morgan fingerprint density at radius 1 is 1.37 bits per heavy atom. The van der Waals surface area contributed by atoms with Gasteiger partial charge in [0.2, 0.25) is 0 Å². The summed E-state index contributed by atoms with van der Waals surface area (Å²) in [5, 5.41) is 9.95. The van der Waals surface area contributed by atoms with E-state index in [1.54, 1.807) is 19.1 Å². The van der Waals surface area contributed by atoms with Crippen LogP contribution >= 0.6 is 0 Å². The molecule has 19 heavy (non-hydrogen) atoms. The highest BCUT2D eigenvalue weighted by Crippen LogP contribution is 2.30. The average Bonchev–Trinajstić information content (AvgIpc) is 2.87. The Hall–Kier alpha value is -1.55. The van der Waals surface area contributed by atoms with Gasteiger partial charge in [0, 0.05) is 12.1 Å². The van der Waals surface area contributed by atoms with Gasteiger partial charge in [0.1, 0.15) is 18.1 Å². The van der Waals surface area contributed by atoms with Gasteiger partial charge in [-0.2, -0.15) is 0 Å².